The van der Waals surface area contributed by atoms with Crippen LogP contribution in [0, 0.1) is 0 Å². The van der Waals surface area contributed by atoms with E-state index < -0.39 is 5.91 Å². The molecule has 0 aliphatic carbocycles. The molecule has 2 amide bonds. The van der Waals surface area contributed by atoms with E-state index in [0.29, 0.717) is 21.8 Å². The summed E-state index contributed by atoms with van der Waals surface area (Å²) in [6.07, 6.45) is 0. The Morgan fingerprint density at radius 3 is 2.10 bits per heavy atom. The van der Waals surface area contributed by atoms with Crippen LogP contribution in [0.3, 0.4) is 0 Å². The molecule has 0 saturated carbocycles. The van der Waals surface area contributed by atoms with Crippen molar-refractivity contribution >= 4 is 58.0 Å². The van der Waals surface area contributed by atoms with Gasteiger partial charge in [-0.25, -0.2) is 4.90 Å². The van der Waals surface area contributed by atoms with Gasteiger partial charge >= 0.3 is 0 Å². The van der Waals surface area contributed by atoms with E-state index in [4.69, 9.17) is 23.2 Å². The minimum atomic E-state index is -0.402. The SMILES string of the molecule is O=C1C(SCc2ccccc2)=C(c2ccccc2)C(=O)N1c1cccc(Cl)c1Cl. The number of imide groups is 1. The second-order valence-electron chi connectivity index (χ2n) is 6.36. The summed E-state index contributed by atoms with van der Waals surface area (Å²) in [5.74, 6) is -0.220. The molecule has 1 heterocycles. The lowest BCUT2D eigenvalue weighted by molar-refractivity contribution is -0.119. The van der Waals surface area contributed by atoms with Crippen molar-refractivity contribution in [1.82, 2.24) is 0 Å². The minimum Gasteiger partial charge on any atom is -0.268 e. The molecule has 0 N–H and O–H groups in total. The van der Waals surface area contributed by atoms with Crippen LogP contribution in [-0.2, 0) is 15.3 Å². The summed E-state index contributed by atoms with van der Waals surface area (Å²) >= 11 is 13.8. The normalized spacial score (nSPS) is 14.1. The van der Waals surface area contributed by atoms with Gasteiger partial charge in [0.05, 0.1) is 26.2 Å². The predicted molar refractivity (Wildman–Crippen MR) is 120 cm³/mol. The standard InChI is InChI=1S/C23H15Cl2NO2S/c24-17-12-7-13-18(20(17)25)26-22(27)19(16-10-5-2-6-11-16)21(23(26)28)29-14-15-8-3-1-4-9-15/h1-13H,14H2. The van der Waals surface area contributed by atoms with Gasteiger partial charge in [0.15, 0.2) is 0 Å². The first-order valence-electron chi connectivity index (χ1n) is 8.87. The third-order valence-electron chi connectivity index (χ3n) is 4.50. The van der Waals surface area contributed by atoms with Crippen molar-refractivity contribution in [3.05, 3.63) is 105 Å². The summed E-state index contributed by atoms with van der Waals surface area (Å²) in [5, 5.41) is 0.467. The van der Waals surface area contributed by atoms with Crippen LogP contribution >= 0.6 is 35.0 Å². The van der Waals surface area contributed by atoms with Gasteiger partial charge in [-0.3, -0.25) is 9.59 Å². The molecule has 0 bridgehead atoms. The second kappa shape index (κ2) is 8.46. The molecule has 144 valence electrons. The number of rotatable bonds is 5. The van der Waals surface area contributed by atoms with Crippen molar-refractivity contribution in [2.45, 2.75) is 5.75 Å². The second-order valence-corrected chi connectivity index (χ2v) is 8.13. The average molecular weight is 440 g/mol. The van der Waals surface area contributed by atoms with Crippen LogP contribution in [0.2, 0.25) is 10.0 Å². The molecule has 3 aromatic carbocycles. The molecule has 0 atom stereocenters. The van der Waals surface area contributed by atoms with Gasteiger partial charge in [0.2, 0.25) is 0 Å². The number of nitrogens with zero attached hydrogens (tertiary/aromatic N) is 1. The zero-order chi connectivity index (χ0) is 20.4. The van der Waals surface area contributed by atoms with E-state index in [-0.39, 0.29) is 21.6 Å². The molecule has 0 radical (unpaired) electrons. The minimum absolute atomic E-state index is 0.178. The third-order valence-corrected chi connectivity index (χ3v) is 6.46. The highest BCUT2D eigenvalue weighted by molar-refractivity contribution is 8.03. The van der Waals surface area contributed by atoms with Crippen LogP contribution in [0.1, 0.15) is 11.1 Å². The first-order chi connectivity index (χ1) is 14.1. The molecule has 1 aliphatic rings. The number of hydrogen-bond acceptors (Lipinski definition) is 3. The Labute approximate surface area is 182 Å². The molecule has 0 unspecified atom stereocenters. The maximum absolute atomic E-state index is 13.3. The molecule has 3 aromatic rings. The van der Waals surface area contributed by atoms with Crippen LogP contribution in [0.15, 0.2) is 83.8 Å². The Morgan fingerprint density at radius 2 is 1.41 bits per heavy atom. The number of benzene rings is 3. The highest BCUT2D eigenvalue weighted by Gasteiger charge is 2.41. The molecule has 1 aliphatic heterocycles. The van der Waals surface area contributed by atoms with Gasteiger partial charge in [-0.05, 0) is 23.3 Å². The first-order valence-corrected chi connectivity index (χ1v) is 10.6. The van der Waals surface area contributed by atoms with Crippen molar-refractivity contribution in [3.63, 3.8) is 0 Å². The van der Waals surface area contributed by atoms with Crippen molar-refractivity contribution in [1.29, 1.82) is 0 Å². The molecule has 3 nitrogen and oxygen atoms in total. The van der Waals surface area contributed by atoms with Crippen molar-refractivity contribution in [2.75, 3.05) is 4.90 Å². The van der Waals surface area contributed by atoms with E-state index in [9.17, 15) is 9.59 Å². The molecule has 0 saturated heterocycles. The zero-order valence-corrected chi connectivity index (χ0v) is 17.5. The number of carbonyl (C=O) groups excluding carboxylic acids is 2. The molecular weight excluding hydrogens is 425 g/mol. The fourth-order valence-electron chi connectivity index (χ4n) is 3.12. The number of carbonyl (C=O) groups is 2. The lowest BCUT2D eigenvalue weighted by Gasteiger charge is -2.17. The molecule has 6 heteroatoms. The quantitative estimate of drug-likeness (QED) is 0.443. The molecule has 29 heavy (non-hydrogen) atoms. The number of halogens is 2. The Morgan fingerprint density at radius 1 is 0.759 bits per heavy atom. The van der Waals surface area contributed by atoms with Gasteiger partial charge in [-0.15, -0.1) is 11.8 Å². The summed E-state index contributed by atoms with van der Waals surface area (Å²) in [6.45, 7) is 0. The molecule has 0 spiro atoms. The van der Waals surface area contributed by atoms with E-state index in [1.54, 1.807) is 18.2 Å². The van der Waals surface area contributed by atoms with E-state index >= 15 is 0 Å². The fourth-order valence-corrected chi connectivity index (χ4v) is 4.56. The van der Waals surface area contributed by atoms with Crippen molar-refractivity contribution < 1.29 is 9.59 Å². The summed E-state index contributed by atoms with van der Waals surface area (Å²) in [7, 11) is 0. The Bertz CT molecular complexity index is 1110. The smallest absolute Gasteiger partial charge is 0.268 e. The maximum Gasteiger partial charge on any atom is 0.272 e. The van der Waals surface area contributed by atoms with Crippen molar-refractivity contribution in [2.24, 2.45) is 0 Å². The summed E-state index contributed by atoms with van der Waals surface area (Å²) < 4.78 is 0. The van der Waals surface area contributed by atoms with Gasteiger partial charge in [0, 0.05) is 5.75 Å². The topological polar surface area (TPSA) is 37.4 Å². The number of hydrogen-bond donors (Lipinski definition) is 0. The highest BCUT2D eigenvalue weighted by Crippen LogP contribution is 2.42. The lowest BCUT2D eigenvalue weighted by atomic mass is 10.1. The zero-order valence-electron chi connectivity index (χ0n) is 15.1. The number of amides is 2. The highest BCUT2D eigenvalue weighted by atomic mass is 35.5. The summed E-state index contributed by atoms with van der Waals surface area (Å²) in [5.41, 5.74) is 2.43. The van der Waals surface area contributed by atoms with Gasteiger partial charge in [-0.2, -0.15) is 0 Å². The number of thioether (sulfide) groups is 1. The molecule has 0 fully saturated rings. The molecular formula is C23H15Cl2NO2S. The fraction of sp³-hybridized carbons (Fsp3) is 0.0435. The molecule has 4 rings (SSSR count). The summed E-state index contributed by atoms with van der Waals surface area (Å²) in [6, 6.07) is 23.9. The van der Waals surface area contributed by atoms with Crippen LogP contribution in [-0.4, -0.2) is 11.8 Å². The predicted octanol–water partition coefficient (Wildman–Crippen LogP) is 6.21. The van der Waals surface area contributed by atoms with Gasteiger partial charge < -0.3 is 0 Å². The Kier molecular flexibility index (Phi) is 5.76. The monoisotopic (exact) mass is 439 g/mol. The largest absolute Gasteiger partial charge is 0.272 e. The van der Waals surface area contributed by atoms with E-state index in [1.165, 1.54) is 11.8 Å². The Hall–Kier alpha value is -2.53. The van der Waals surface area contributed by atoms with Crippen molar-refractivity contribution in [3.8, 4) is 0 Å². The van der Waals surface area contributed by atoms with Crippen LogP contribution < -0.4 is 4.90 Å². The van der Waals surface area contributed by atoms with E-state index in [1.807, 2.05) is 60.7 Å². The van der Waals surface area contributed by atoms with Crippen LogP contribution in [0.5, 0.6) is 0 Å². The van der Waals surface area contributed by atoms with E-state index in [2.05, 4.69) is 0 Å². The van der Waals surface area contributed by atoms with Crippen LogP contribution in [0.4, 0.5) is 5.69 Å². The van der Waals surface area contributed by atoms with Crippen LogP contribution in [0.25, 0.3) is 5.57 Å². The van der Waals surface area contributed by atoms with Gasteiger partial charge in [-0.1, -0.05) is 89.9 Å². The first kappa shape index (κ1) is 19.8. The van der Waals surface area contributed by atoms with Gasteiger partial charge in [0.1, 0.15) is 0 Å². The lowest BCUT2D eigenvalue weighted by Crippen LogP contribution is -2.31. The molecule has 0 aromatic heterocycles. The van der Waals surface area contributed by atoms with Gasteiger partial charge in [0.25, 0.3) is 11.8 Å². The Balaban J connectivity index is 1.77. The maximum atomic E-state index is 13.3. The number of anilines is 1. The summed E-state index contributed by atoms with van der Waals surface area (Å²) in [4.78, 5) is 28.2. The third kappa shape index (κ3) is 3.84. The van der Waals surface area contributed by atoms with E-state index in [0.717, 1.165) is 10.5 Å². The average Bonchev–Trinajstić information content (AvgIpc) is 2.99.